The zero-order valence-corrected chi connectivity index (χ0v) is 12.8. The molecular weight excluding hydrogens is 293 g/mol. The van der Waals surface area contributed by atoms with Crippen LogP contribution in [-0.4, -0.2) is 29.9 Å². The second-order valence-corrected chi connectivity index (χ2v) is 6.53. The Balaban J connectivity index is 2.15. The van der Waals surface area contributed by atoms with E-state index >= 15 is 0 Å². The van der Waals surface area contributed by atoms with E-state index in [-0.39, 0.29) is 23.1 Å². The Hall–Kier alpha value is -1.74. The molecule has 3 nitrogen and oxygen atoms in total. The van der Waals surface area contributed by atoms with Gasteiger partial charge in [-0.2, -0.15) is 5.26 Å². The molecule has 1 heterocycles. The second-order valence-electron chi connectivity index (χ2n) is 6.53. The summed E-state index contributed by atoms with van der Waals surface area (Å²) in [6.45, 7) is 7.66. The number of nitrogens with zero attached hydrogens (tertiary/aromatic N) is 2. The van der Waals surface area contributed by atoms with Gasteiger partial charge in [0, 0.05) is 24.5 Å². The average molecular weight is 312 g/mol. The number of benzene rings is 1. The highest BCUT2D eigenvalue weighted by molar-refractivity contribution is 5.32. The molecule has 0 aliphatic carbocycles. The summed E-state index contributed by atoms with van der Waals surface area (Å²) in [5.41, 5.74) is 0.830. The molecule has 1 aromatic carbocycles. The zero-order valence-electron chi connectivity index (χ0n) is 12.8. The molecule has 120 valence electrons. The van der Waals surface area contributed by atoms with Crippen LogP contribution in [0.25, 0.3) is 0 Å². The summed E-state index contributed by atoms with van der Waals surface area (Å²) in [7, 11) is 0. The Morgan fingerprint density at radius 2 is 1.73 bits per heavy atom. The van der Waals surface area contributed by atoms with Crippen molar-refractivity contribution in [2.75, 3.05) is 13.1 Å². The standard InChI is InChI=1S/C16H19F3N2O/c1-15(2,3)21-9-12(8-20)14(10-21)11-4-6-13(7-5-11)22-16(17,18)19/h4-7,12,14H,9-10H2,1-3H3/t12-,14+/m1/s1. The minimum Gasteiger partial charge on any atom is -0.406 e. The normalized spacial score (nSPS) is 23.3. The lowest BCUT2D eigenvalue weighted by Crippen LogP contribution is -2.39. The first-order chi connectivity index (χ1) is 10.1. The van der Waals surface area contributed by atoms with Gasteiger partial charge in [0.05, 0.1) is 12.0 Å². The molecule has 1 fully saturated rings. The summed E-state index contributed by atoms with van der Waals surface area (Å²) >= 11 is 0. The maximum Gasteiger partial charge on any atom is 0.573 e. The predicted octanol–water partition coefficient (Wildman–Crippen LogP) is 3.92. The Morgan fingerprint density at radius 1 is 1.14 bits per heavy atom. The van der Waals surface area contributed by atoms with Crippen molar-refractivity contribution in [1.82, 2.24) is 4.90 Å². The van der Waals surface area contributed by atoms with E-state index < -0.39 is 6.36 Å². The van der Waals surface area contributed by atoms with E-state index in [1.54, 1.807) is 12.1 Å². The van der Waals surface area contributed by atoms with Gasteiger partial charge >= 0.3 is 6.36 Å². The maximum atomic E-state index is 12.2. The third-order valence-electron chi connectivity index (χ3n) is 3.98. The molecule has 1 aliphatic rings. The van der Waals surface area contributed by atoms with E-state index in [4.69, 9.17) is 0 Å². The van der Waals surface area contributed by atoms with E-state index in [9.17, 15) is 18.4 Å². The number of rotatable bonds is 2. The molecule has 1 saturated heterocycles. The molecule has 0 amide bonds. The van der Waals surface area contributed by atoms with Crippen LogP contribution >= 0.6 is 0 Å². The van der Waals surface area contributed by atoms with Crippen LogP contribution in [0.4, 0.5) is 13.2 Å². The minimum absolute atomic E-state index is 0.00385. The molecule has 1 aliphatic heterocycles. The first kappa shape index (κ1) is 16.6. The molecule has 0 radical (unpaired) electrons. The molecule has 0 bridgehead atoms. The Kier molecular flexibility index (Phi) is 4.39. The fourth-order valence-corrected chi connectivity index (χ4v) is 2.74. The minimum atomic E-state index is -4.69. The highest BCUT2D eigenvalue weighted by Crippen LogP contribution is 2.36. The summed E-state index contributed by atoms with van der Waals surface area (Å²) in [4.78, 5) is 2.23. The monoisotopic (exact) mass is 312 g/mol. The summed E-state index contributed by atoms with van der Waals surface area (Å²) in [6, 6.07) is 8.15. The Labute approximate surface area is 128 Å². The van der Waals surface area contributed by atoms with Gasteiger partial charge in [-0.1, -0.05) is 12.1 Å². The van der Waals surface area contributed by atoms with Crippen LogP contribution in [-0.2, 0) is 0 Å². The molecule has 0 N–H and O–H groups in total. The number of ether oxygens (including phenoxy) is 1. The third kappa shape index (κ3) is 3.92. The molecule has 2 rings (SSSR count). The second kappa shape index (κ2) is 5.81. The first-order valence-corrected chi connectivity index (χ1v) is 7.10. The van der Waals surface area contributed by atoms with E-state index in [1.807, 2.05) is 0 Å². The van der Waals surface area contributed by atoms with Crippen LogP contribution in [0, 0.1) is 17.2 Å². The number of nitriles is 1. The molecule has 0 saturated carbocycles. The number of hydrogen-bond donors (Lipinski definition) is 0. The van der Waals surface area contributed by atoms with Crippen molar-refractivity contribution in [2.45, 2.75) is 38.6 Å². The summed E-state index contributed by atoms with van der Waals surface area (Å²) < 4.78 is 40.4. The van der Waals surface area contributed by atoms with Crippen molar-refractivity contribution >= 4 is 0 Å². The van der Waals surface area contributed by atoms with Crippen molar-refractivity contribution < 1.29 is 17.9 Å². The summed E-state index contributed by atoms with van der Waals surface area (Å²) in [6.07, 6.45) is -4.69. The number of likely N-dealkylation sites (tertiary alicyclic amines) is 1. The Bertz CT molecular complexity index is 555. The SMILES string of the molecule is CC(C)(C)N1C[C@@H](C#N)[C@H](c2ccc(OC(F)(F)F)cc2)C1. The van der Waals surface area contributed by atoms with Crippen molar-refractivity contribution in [3.63, 3.8) is 0 Å². The van der Waals surface area contributed by atoms with Gasteiger partial charge in [0.25, 0.3) is 0 Å². The topological polar surface area (TPSA) is 36.3 Å². The number of alkyl halides is 3. The molecule has 0 unspecified atom stereocenters. The van der Waals surface area contributed by atoms with Gasteiger partial charge in [-0.25, -0.2) is 0 Å². The first-order valence-electron chi connectivity index (χ1n) is 7.10. The summed E-state index contributed by atoms with van der Waals surface area (Å²) in [5, 5.41) is 9.34. The van der Waals surface area contributed by atoms with E-state index in [0.717, 1.165) is 12.1 Å². The van der Waals surface area contributed by atoms with Crippen LogP contribution < -0.4 is 4.74 Å². The van der Waals surface area contributed by atoms with Crippen LogP contribution in [0.1, 0.15) is 32.3 Å². The van der Waals surface area contributed by atoms with Gasteiger partial charge in [0.2, 0.25) is 0 Å². The molecule has 0 spiro atoms. The maximum absolute atomic E-state index is 12.2. The number of halogens is 3. The van der Waals surface area contributed by atoms with Gasteiger partial charge < -0.3 is 4.74 Å². The molecule has 1 aromatic rings. The van der Waals surface area contributed by atoms with Gasteiger partial charge in [0.1, 0.15) is 5.75 Å². The van der Waals surface area contributed by atoms with E-state index in [0.29, 0.717) is 6.54 Å². The lowest BCUT2D eigenvalue weighted by Gasteiger charge is -2.31. The van der Waals surface area contributed by atoms with Crippen molar-refractivity contribution in [3.05, 3.63) is 29.8 Å². The smallest absolute Gasteiger partial charge is 0.406 e. The predicted molar refractivity (Wildman–Crippen MR) is 76.3 cm³/mol. The van der Waals surface area contributed by atoms with Crippen molar-refractivity contribution in [3.8, 4) is 11.8 Å². The van der Waals surface area contributed by atoms with Crippen LogP contribution in [0.5, 0.6) is 5.75 Å². The van der Waals surface area contributed by atoms with Crippen molar-refractivity contribution in [2.24, 2.45) is 5.92 Å². The number of hydrogen-bond acceptors (Lipinski definition) is 3. The average Bonchev–Trinajstić information content (AvgIpc) is 2.81. The van der Waals surface area contributed by atoms with E-state index in [2.05, 4.69) is 36.5 Å². The third-order valence-corrected chi connectivity index (χ3v) is 3.98. The quantitative estimate of drug-likeness (QED) is 0.830. The lowest BCUT2D eigenvalue weighted by molar-refractivity contribution is -0.274. The van der Waals surface area contributed by atoms with Crippen molar-refractivity contribution in [1.29, 1.82) is 5.26 Å². The molecule has 0 aromatic heterocycles. The lowest BCUT2D eigenvalue weighted by atomic mass is 9.90. The fraction of sp³-hybridized carbons (Fsp3) is 0.562. The van der Waals surface area contributed by atoms with Gasteiger partial charge in [-0.3, -0.25) is 4.90 Å². The highest BCUT2D eigenvalue weighted by atomic mass is 19.4. The van der Waals surface area contributed by atoms with Gasteiger partial charge in [-0.15, -0.1) is 13.2 Å². The molecule has 22 heavy (non-hydrogen) atoms. The molecule has 6 heteroatoms. The van der Waals surface area contributed by atoms with E-state index in [1.165, 1.54) is 12.1 Å². The Morgan fingerprint density at radius 3 is 2.18 bits per heavy atom. The zero-order chi connectivity index (χ0) is 16.5. The fourth-order valence-electron chi connectivity index (χ4n) is 2.74. The summed E-state index contributed by atoms with van der Waals surface area (Å²) in [5.74, 6) is -0.395. The van der Waals surface area contributed by atoms with Crippen LogP contribution in [0.2, 0.25) is 0 Å². The highest BCUT2D eigenvalue weighted by Gasteiger charge is 2.38. The molecule has 2 atom stereocenters. The van der Waals surface area contributed by atoms with Gasteiger partial charge in [-0.05, 0) is 38.5 Å². The van der Waals surface area contributed by atoms with Gasteiger partial charge in [0.15, 0.2) is 0 Å². The van der Waals surface area contributed by atoms with Crippen LogP contribution in [0.15, 0.2) is 24.3 Å². The van der Waals surface area contributed by atoms with Crippen LogP contribution in [0.3, 0.4) is 0 Å². The molecular formula is C16H19F3N2O. The largest absolute Gasteiger partial charge is 0.573 e.